The van der Waals surface area contributed by atoms with Gasteiger partial charge >= 0.3 is 0 Å². The number of aromatic nitrogens is 3. The third-order valence-corrected chi connectivity index (χ3v) is 3.20. The minimum atomic E-state index is 0.575. The van der Waals surface area contributed by atoms with E-state index in [1.54, 1.807) is 4.52 Å². The molecule has 0 aliphatic rings. The number of benzene rings is 1. The Kier molecular flexibility index (Phi) is 4.40. The Morgan fingerprint density at radius 3 is 2.45 bits per heavy atom. The van der Waals surface area contributed by atoms with Crippen molar-refractivity contribution in [1.29, 1.82) is 0 Å². The highest BCUT2D eigenvalue weighted by molar-refractivity contribution is 6.30. The van der Waals surface area contributed by atoms with Crippen LogP contribution in [-0.4, -0.2) is 14.6 Å². The zero-order valence-corrected chi connectivity index (χ0v) is 12.9. The molecule has 0 aliphatic carbocycles. The van der Waals surface area contributed by atoms with Crippen LogP contribution >= 0.6 is 11.6 Å². The van der Waals surface area contributed by atoms with E-state index in [0.29, 0.717) is 5.15 Å². The lowest BCUT2D eigenvalue weighted by Gasteiger charge is -2.06. The molecule has 20 heavy (non-hydrogen) atoms. The summed E-state index contributed by atoms with van der Waals surface area (Å²) in [5.74, 6) is 0. The van der Waals surface area contributed by atoms with Crippen LogP contribution in [0.1, 0.15) is 25.1 Å². The lowest BCUT2D eigenvalue weighted by molar-refractivity contribution is 0.919. The normalized spacial score (nSPS) is 10.2. The molecule has 0 atom stereocenters. The van der Waals surface area contributed by atoms with E-state index in [2.05, 4.69) is 23.1 Å². The van der Waals surface area contributed by atoms with Crippen molar-refractivity contribution in [3.8, 4) is 11.3 Å². The van der Waals surface area contributed by atoms with E-state index in [1.807, 2.05) is 51.1 Å². The van der Waals surface area contributed by atoms with Crippen LogP contribution in [-0.2, 0) is 0 Å². The molecule has 0 saturated heterocycles. The zero-order valence-electron chi connectivity index (χ0n) is 12.2. The molecular formula is C16H18ClN3. The third-order valence-electron chi connectivity index (χ3n) is 2.93. The average Bonchev–Trinajstić information content (AvgIpc) is 2.82. The second kappa shape index (κ2) is 6.06. The Morgan fingerprint density at radius 2 is 1.75 bits per heavy atom. The van der Waals surface area contributed by atoms with Crippen molar-refractivity contribution in [3.63, 3.8) is 0 Å². The van der Waals surface area contributed by atoms with Gasteiger partial charge in [-0.25, -0.2) is 9.50 Å². The third kappa shape index (κ3) is 2.68. The van der Waals surface area contributed by atoms with Crippen LogP contribution in [0.3, 0.4) is 0 Å². The van der Waals surface area contributed by atoms with Gasteiger partial charge in [0.1, 0.15) is 5.15 Å². The van der Waals surface area contributed by atoms with Crippen LogP contribution in [0.5, 0.6) is 0 Å². The lowest BCUT2D eigenvalue weighted by Crippen LogP contribution is -1.95. The molecule has 1 aromatic carbocycles. The number of halogens is 1. The maximum absolute atomic E-state index is 6.24. The summed E-state index contributed by atoms with van der Waals surface area (Å²) >= 11 is 6.24. The Hall–Kier alpha value is -1.87. The number of fused-ring (bicyclic) bond motifs is 1. The van der Waals surface area contributed by atoms with Gasteiger partial charge in [0.2, 0.25) is 0 Å². The summed E-state index contributed by atoms with van der Waals surface area (Å²) in [4.78, 5) is 4.60. The molecule has 0 N–H and O–H groups in total. The average molecular weight is 288 g/mol. The second-order valence-corrected chi connectivity index (χ2v) is 4.72. The fraction of sp³-hybridized carbons (Fsp3) is 0.250. The topological polar surface area (TPSA) is 30.2 Å². The summed E-state index contributed by atoms with van der Waals surface area (Å²) in [5, 5.41) is 4.87. The molecule has 3 aromatic rings. The van der Waals surface area contributed by atoms with Gasteiger partial charge in [0.05, 0.1) is 11.4 Å². The Balaban J connectivity index is 0.000000704. The molecule has 0 aliphatic heterocycles. The molecule has 104 valence electrons. The van der Waals surface area contributed by atoms with E-state index >= 15 is 0 Å². The predicted octanol–water partition coefficient (Wildman–Crippen LogP) is 4.69. The first kappa shape index (κ1) is 14.5. The molecule has 2 aromatic heterocycles. The summed E-state index contributed by atoms with van der Waals surface area (Å²) in [6, 6.07) is 11.9. The summed E-state index contributed by atoms with van der Waals surface area (Å²) in [5.41, 5.74) is 4.84. The molecule has 3 nitrogen and oxygen atoms in total. The smallest absolute Gasteiger partial charge is 0.157 e. The first-order valence-corrected chi connectivity index (χ1v) is 7.12. The first-order valence-electron chi connectivity index (χ1n) is 6.74. The van der Waals surface area contributed by atoms with E-state index in [0.717, 1.165) is 22.6 Å². The fourth-order valence-electron chi connectivity index (χ4n) is 2.05. The van der Waals surface area contributed by atoms with Gasteiger partial charge in [-0.05, 0) is 19.4 Å². The van der Waals surface area contributed by atoms with Crippen molar-refractivity contribution < 1.29 is 0 Å². The van der Waals surface area contributed by atoms with E-state index in [9.17, 15) is 0 Å². The van der Waals surface area contributed by atoms with E-state index < -0.39 is 0 Å². The molecule has 2 heterocycles. The van der Waals surface area contributed by atoms with E-state index in [1.165, 1.54) is 5.56 Å². The molecule has 0 amide bonds. The number of hydrogen-bond acceptors (Lipinski definition) is 2. The van der Waals surface area contributed by atoms with Crippen molar-refractivity contribution in [1.82, 2.24) is 14.6 Å². The molecule has 0 fully saturated rings. The standard InChI is InChI=1S/C14H12ClN3.C2H6/c1-9-5-3-4-6-11(9)12-8-13(15)18-14(16-12)7-10(2)17-18;1-2/h3-8H,1-2H3;1-2H3. The highest BCUT2D eigenvalue weighted by Gasteiger charge is 2.09. The maximum atomic E-state index is 6.24. The molecule has 0 unspecified atom stereocenters. The van der Waals surface area contributed by atoms with Crippen molar-refractivity contribution in [2.24, 2.45) is 0 Å². The quantitative estimate of drug-likeness (QED) is 0.608. The highest BCUT2D eigenvalue weighted by Crippen LogP contribution is 2.25. The van der Waals surface area contributed by atoms with Crippen LogP contribution in [0.4, 0.5) is 0 Å². The van der Waals surface area contributed by atoms with Crippen molar-refractivity contribution in [2.75, 3.05) is 0 Å². The second-order valence-electron chi connectivity index (χ2n) is 4.33. The van der Waals surface area contributed by atoms with Gasteiger partial charge in [-0.3, -0.25) is 0 Å². The molecule has 0 radical (unpaired) electrons. The van der Waals surface area contributed by atoms with Crippen LogP contribution in [0, 0.1) is 13.8 Å². The Labute approximate surface area is 124 Å². The van der Waals surface area contributed by atoms with Gasteiger partial charge in [0.15, 0.2) is 5.65 Å². The Morgan fingerprint density at radius 1 is 1.05 bits per heavy atom. The van der Waals surface area contributed by atoms with Gasteiger partial charge in [-0.15, -0.1) is 0 Å². The summed E-state index contributed by atoms with van der Waals surface area (Å²) in [6.07, 6.45) is 0. The lowest BCUT2D eigenvalue weighted by atomic mass is 10.1. The molecule has 4 heteroatoms. The monoisotopic (exact) mass is 287 g/mol. The molecule has 0 bridgehead atoms. The van der Waals surface area contributed by atoms with Gasteiger partial charge in [-0.1, -0.05) is 49.7 Å². The zero-order chi connectivity index (χ0) is 14.7. The van der Waals surface area contributed by atoms with Gasteiger partial charge in [-0.2, -0.15) is 5.10 Å². The van der Waals surface area contributed by atoms with Crippen LogP contribution in [0.15, 0.2) is 36.4 Å². The number of aryl methyl sites for hydroxylation is 2. The van der Waals surface area contributed by atoms with E-state index in [-0.39, 0.29) is 0 Å². The van der Waals surface area contributed by atoms with Crippen molar-refractivity contribution >= 4 is 17.2 Å². The fourth-order valence-corrected chi connectivity index (χ4v) is 2.28. The molecule has 0 saturated carbocycles. The highest BCUT2D eigenvalue weighted by atomic mass is 35.5. The number of nitrogens with zero attached hydrogens (tertiary/aromatic N) is 3. The van der Waals surface area contributed by atoms with Crippen LogP contribution in [0.2, 0.25) is 5.15 Å². The van der Waals surface area contributed by atoms with Gasteiger partial charge < -0.3 is 0 Å². The maximum Gasteiger partial charge on any atom is 0.157 e. The first-order chi connectivity index (χ1) is 9.65. The predicted molar refractivity (Wildman–Crippen MR) is 84.3 cm³/mol. The minimum absolute atomic E-state index is 0.575. The summed E-state index contributed by atoms with van der Waals surface area (Å²) in [7, 11) is 0. The molecule has 0 spiro atoms. The Bertz CT molecular complexity index is 732. The summed E-state index contributed by atoms with van der Waals surface area (Å²) in [6.45, 7) is 8.00. The molecular weight excluding hydrogens is 270 g/mol. The van der Waals surface area contributed by atoms with Crippen LogP contribution < -0.4 is 0 Å². The van der Waals surface area contributed by atoms with E-state index in [4.69, 9.17) is 11.6 Å². The SMILES string of the molecule is CC.Cc1cc2nc(-c3ccccc3C)cc(Cl)n2n1. The number of rotatable bonds is 1. The van der Waals surface area contributed by atoms with Gasteiger partial charge in [0.25, 0.3) is 0 Å². The number of hydrogen-bond donors (Lipinski definition) is 0. The molecule has 3 rings (SSSR count). The van der Waals surface area contributed by atoms with Gasteiger partial charge in [0, 0.05) is 17.7 Å². The van der Waals surface area contributed by atoms with Crippen molar-refractivity contribution in [2.45, 2.75) is 27.7 Å². The largest absolute Gasteiger partial charge is 0.228 e. The van der Waals surface area contributed by atoms with Crippen molar-refractivity contribution in [3.05, 3.63) is 52.8 Å². The van der Waals surface area contributed by atoms with Crippen LogP contribution in [0.25, 0.3) is 16.9 Å². The summed E-state index contributed by atoms with van der Waals surface area (Å²) < 4.78 is 1.65. The minimum Gasteiger partial charge on any atom is -0.228 e.